The summed E-state index contributed by atoms with van der Waals surface area (Å²) in [6.45, 7) is 6.75. The van der Waals surface area contributed by atoms with Crippen LogP contribution in [0, 0.1) is 0 Å². The molecule has 1 aliphatic rings. The first kappa shape index (κ1) is 13.6. The molecule has 5 nitrogen and oxygen atoms in total. The van der Waals surface area contributed by atoms with Crippen molar-refractivity contribution in [1.82, 2.24) is 14.4 Å². The highest BCUT2D eigenvalue weighted by Crippen LogP contribution is 2.14. The van der Waals surface area contributed by atoms with Crippen molar-refractivity contribution in [2.24, 2.45) is 0 Å². The van der Waals surface area contributed by atoms with Gasteiger partial charge in [0, 0.05) is 32.4 Å². The highest BCUT2D eigenvalue weighted by Gasteiger charge is 2.24. The molecule has 0 bridgehead atoms. The number of likely N-dealkylation sites (tertiary alicyclic amines) is 1. The summed E-state index contributed by atoms with van der Waals surface area (Å²) in [5, 5.41) is 0. The van der Waals surface area contributed by atoms with Gasteiger partial charge in [0.25, 0.3) is 5.91 Å². The summed E-state index contributed by atoms with van der Waals surface area (Å²) in [6.07, 6.45) is 3.77. The van der Waals surface area contributed by atoms with Crippen molar-refractivity contribution in [2.75, 3.05) is 26.2 Å². The molecule has 0 radical (unpaired) electrons. The van der Waals surface area contributed by atoms with Crippen LogP contribution in [-0.2, 0) is 0 Å². The zero-order chi connectivity index (χ0) is 13.8. The molecule has 0 saturated carbocycles. The van der Waals surface area contributed by atoms with Gasteiger partial charge in [0.1, 0.15) is 5.69 Å². The van der Waals surface area contributed by atoms with Crippen molar-refractivity contribution in [2.45, 2.75) is 26.7 Å². The molecule has 0 aliphatic carbocycles. The molecule has 0 unspecified atom stereocenters. The summed E-state index contributed by atoms with van der Waals surface area (Å²) >= 11 is 0. The van der Waals surface area contributed by atoms with E-state index in [4.69, 9.17) is 0 Å². The van der Waals surface area contributed by atoms with Crippen LogP contribution in [0.3, 0.4) is 0 Å². The van der Waals surface area contributed by atoms with Crippen molar-refractivity contribution in [3.8, 4) is 0 Å². The van der Waals surface area contributed by atoms with Crippen molar-refractivity contribution in [3.05, 3.63) is 24.0 Å². The maximum atomic E-state index is 12.4. The Hall–Kier alpha value is -1.78. The molecule has 0 spiro atoms. The van der Waals surface area contributed by atoms with E-state index >= 15 is 0 Å². The number of nitrogens with zero attached hydrogens (tertiary/aromatic N) is 3. The van der Waals surface area contributed by atoms with E-state index in [1.807, 2.05) is 18.7 Å². The number of amides is 2. The first-order valence-corrected chi connectivity index (χ1v) is 6.95. The van der Waals surface area contributed by atoms with Crippen LogP contribution in [-0.4, -0.2) is 52.5 Å². The van der Waals surface area contributed by atoms with Crippen molar-refractivity contribution in [1.29, 1.82) is 0 Å². The molecular weight excluding hydrogens is 242 g/mol. The SMILES string of the molecule is CCN(CC)C(=O)n1cccc1C(=O)N1CCCC1. The molecule has 1 aromatic heterocycles. The second-order valence-electron chi connectivity index (χ2n) is 4.72. The Morgan fingerprint density at radius 2 is 1.84 bits per heavy atom. The molecule has 19 heavy (non-hydrogen) atoms. The largest absolute Gasteiger partial charge is 0.337 e. The maximum Gasteiger partial charge on any atom is 0.328 e. The summed E-state index contributed by atoms with van der Waals surface area (Å²) in [6, 6.07) is 3.35. The van der Waals surface area contributed by atoms with Crippen LogP contribution in [0.25, 0.3) is 0 Å². The fourth-order valence-electron chi connectivity index (χ4n) is 2.45. The van der Waals surface area contributed by atoms with Gasteiger partial charge in [-0.15, -0.1) is 0 Å². The summed E-state index contributed by atoms with van der Waals surface area (Å²) in [5.74, 6) is -0.0389. The van der Waals surface area contributed by atoms with Gasteiger partial charge in [0.15, 0.2) is 0 Å². The zero-order valence-electron chi connectivity index (χ0n) is 11.6. The average molecular weight is 263 g/mol. The highest BCUT2D eigenvalue weighted by atomic mass is 16.2. The van der Waals surface area contributed by atoms with E-state index in [1.165, 1.54) is 4.57 Å². The Labute approximate surface area is 113 Å². The zero-order valence-corrected chi connectivity index (χ0v) is 11.6. The van der Waals surface area contributed by atoms with Crippen molar-refractivity contribution < 1.29 is 9.59 Å². The number of carbonyl (C=O) groups is 2. The molecule has 2 amide bonds. The lowest BCUT2D eigenvalue weighted by Gasteiger charge is -2.21. The Kier molecular flexibility index (Phi) is 4.24. The Morgan fingerprint density at radius 1 is 1.21 bits per heavy atom. The maximum absolute atomic E-state index is 12.4. The van der Waals surface area contributed by atoms with Gasteiger partial charge in [-0.25, -0.2) is 4.79 Å². The van der Waals surface area contributed by atoms with E-state index in [-0.39, 0.29) is 11.9 Å². The standard InChI is InChI=1S/C14H21N3O2/c1-3-15(4-2)14(19)17-11-7-8-12(17)13(18)16-9-5-6-10-16/h7-8,11H,3-6,9-10H2,1-2H3. The number of aromatic nitrogens is 1. The third kappa shape index (κ3) is 2.64. The number of rotatable bonds is 3. The van der Waals surface area contributed by atoms with E-state index in [0.29, 0.717) is 18.8 Å². The van der Waals surface area contributed by atoms with Gasteiger partial charge < -0.3 is 9.80 Å². The van der Waals surface area contributed by atoms with E-state index in [1.54, 1.807) is 23.2 Å². The van der Waals surface area contributed by atoms with Crippen LogP contribution in [0.4, 0.5) is 4.79 Å². The minimum absolute atomic E-state index is 0.0389. The van der Waals surface area contributed by atoms with Gasteiger partial charge in [-0.3, -0.25) is 9.36 Å². The topological polar surface area (TPSA) is 45.6 Å². The summed E-state index contributed by atoms with van der Waals surface area (Å²) < 4.78 is 1.47. The molecule has 0 N–H and O–H groups in total. The lowest BCUT2D eigenvalue weighted by atomic mass is 10.3. The van der Waals surface area contributed by atoms with E-state index < -0.39 is 0 Å². The minimum atomic E-state index is -0.127. The van der Waals surface area contributed by atoms with Gasteiger partial charge in [-0.05, 0) is 38.8 Å². The molecule has 2 heterocycles. The Balaban J connectivity index is 2.21. The first-order valence-electron chi connectivity index (χ1n) is 6.95. The summed E-state index contributed by atoms with van der Waals surface area (Å²) in [7, 11) is 0. The van der Waals surface area contributed by atoms with Crippen LogP contribution in [0.1, 0.15) is 37.2 Å². The van der Waals surface area contributed by atoms with Gasteiger partial charge in [-0.1, -0.05) is 0 Å². The first-order chi connectivity index (χ1) is 9.19. The second-order valence-corrected chi connectivity index (χ2v) is 4.72. The second kappa shape index (κ2) is 5.91. The third-order valence-electron chi connectivity index (χ3n) is 3.60. The molecule has 1 fully saturated rings. The molecule has 104 valence electrons. The van der Waals surface area contributed by atoms with Gasteiger partial charge in [0.2, 0.25) is 0 Å². The summed E-state index contributed by atoms with van der Waals surface area (Å²) in [5.41, 5.74) is 0.471. The van der Waals surface area contributed by atoms with E-state index in [9.17, 15) is 9.59 Å². The highest BCUT2D eigenvalue weighted by molar-refractivity contribution is 5.96. The van der Waals surface area contributed by atoms with E-state index in [2.05, 4.69) is 0 Å². The van der Waals surface area contributed by atoms with Crippen molar-refractivity contribution >= 4 is 11.9 Å². The smallest absolute Gasteiger partial charge is 0.328 e. The lowest BCUT2D eigenvalue weighted by Crippen LogP contribution is -2.37. The molecule has 1 aromatic rings. The monoisotopic (exact) mass is 263 g/mol. The normalized spacial score (nSPS) is 14.7. The predicted molar refractivity (Wildman–Crippen MR) is 73.3 cm³/mol. The molecular formula is C14H21N3O2. The van der Waals surface area contributed by atoms with Crippen LogP contribution in [0.15, 0.2) is 18.3 Å². The molecule has 2 rings (SSSR count). The van der Waals surface area contributed by atoms with Gasteiger partial charge in [-0.2, -0.15) is 0 Å². The van der Waals surface area contributed by atoms with Crippen LogP contribution in [0.5, 0.6) is 0 Å². The van der Waals surface area contributed by atoms with Gasteiger partial charge in [0.05, 0.1) is 0 Å². The van der Waals surface area contributed by atoms with E-state index in [0.717, 1.165) is 25.9 Å². The molecule has 1 aliphatic heterocycles. The summed E-state index contributed by atoms with van der Waals surface area (Å²) in [4.78, 5) is 28.2. The minimum Gasteiger partial charge on any atom is -0.337 e. The number of hydrogen-bond donors (Lipinski definition) is 0. The molecule has 0 atom stereocenters. The van der Waals surface area contributed by atoms with Crippen LogP contribution < -0.4 is 0 Å². The third-order valence-corrected chi connectivity index (χ3v) is 3.60. The molecule has 5 heteroatoms. The fraction of sp³-hybridized carbons (Fsp3) is 0.571. The Morgan fingerprint density at radius 3 is 2.42 bits per heavy atom. The van der Waals surface area contributed by atoms with Gasteiger partial charge >= 0.3 is 6.03 Å². The van der Waals surface area contributed by atoms with Crippen LogP contribution >= 0.6 is 0 Å². The van der Waals surface area contributed by atoms with Crippen molar-refractivity contribution in [3.63, 3.8) is 0 Å². The average Bonchev–Trinajstić information content (AvgIpc) is 3.10. The molecule has 0 aromatic carbocycles. The number of carbonyl (C=O) groups excluding carboxylic acids is 2. The fourth-order valence-corrected chi connectivity index (χ4v) is 2.45. The quantitative estimate of drug-likeness (QED) is 0.837. The molecule has 1 saturated heterocycles. The number of hydrogen-bond acceptors (Lipinski definition) is 2. The lowest BCUT2D eigenvalue weighted by molar-refractivity contribution is 0.0782. The predicted octanol–water partition coefficient (Wildman–Crippen LogP) is 2.03. The Bertz CT molecular complexity index is 429. The van der Waals surface area contributed by atoms with Crippen LogP contribution in [0.2, 0.25) is 0 Å².